The fraction of sp³-hybridized carbons (Fsp3) is 0.733. The van der Waals surface area contributed by atoms with Crippen molar-refractivity contribution >= 4 is 5.91 Å². The first kappa shape index (κ1) is 18.5. The van der Waals surface area contributed by atoms with Crippen LogP contribution in [0.15, 0.2) is 6.20 Å². The van der Waals surface area contributed by atoms with Gasteiger partial charge in [0.15, 0.2) is 5.69 Å². The zero-order valence-electron chi connectivity index (χ0n) is 13.7. The van der Waals surface area contributed by atoms with E-state index in [0.29, 0.717) is 6.54 Å². The smallest absolute Gasteiger partial charge is 0.272 e. The quantitative estimate of drug-likeness (QED) is 0.847. The number of amides is 1. The summed E-state index contributed by atoms with van der Waals surface area (Å²) in [6.45, 7) is 9.79. The first-order valence-corrected chi connectivity index (χ1v) is 7.34. The molecule has 0 bridgehead atoms. The van der Waals surface area contributed by atoms with Crippen LogP contribution in [0, 0.1) is 11.3 Å². The average Bonchev–Trinajstić information content (AvgIpc) is 2.77. The lowest BCUT2D eigenvalue weighted by Gasteiger charge is -2.25. The van der Waals surface area contributed by atoms with Crippen LogP contribution >= 0.6 is 0 Å². The van der Waals surface area contributed by atoms with Gasteiger partial charge in [-0.25, -0.2) is 8.78 Å². The molecule has 2 N–H and O–H groups in total. The Bertz CT molecular complexity index is 507. The zero-order valence-corrected chi connectivity index (χ0v) is 13.7. The second-order valence-electron chi connectivity index (χ2n) is 6.94. The Morgan fingerprint density at radius 3 is 2.45 bits per heavy atom. The van der Waals surface area contributed by atoms with Gasteiger partial charge in [0.2, 0.25) is 0 Å². The van der Waals surface area contributed by atoms with Gasteiger partial charge in [0, 0.05) is 19.3 Å². The first-order chi connectivity index (χ1) is 10.0. The van der Waals surface area contributed by atoms with Crippen LogP contribution in [0.5, 0.6) is 0 Å². The minimum Gasteiger partial charge on any atom is -0.391 e. The van der Waals surface area contributed by atoms with Gasteiger partial charge in [-0.05, 0) is 11.3 Å². The molecule has 1 aromatic rings. The number of aromatic nitrogens is 2. The summed E-state index contributed by atoms with van der Waals surface area (Å²) in [5.74, 6) is -0.467. The topological polar surface area (TPSA) is 67.2 Å². The van der Waals surface area contributed by atoms with Gasteiger partial charge < -0.3 is 10.4 Å². The number of rotatable bonds is 6. The number of aliphatic hydroxyl groups is 1. The molecule has 1 aromatic heterocycles. The number of hydrogen-bond donors (Lipinski definition) is 2. The Morgan fingerprint density at radius 1 is 1.41 bits per heavy atom. The molecule has 1 rings (SSSR count). The van der Waals surface area contributed by atoms with Crippen LogP contribution in [0.1, 0.15) is 57.1 Å². The second kappa shape index (κ2) is 7.17. The summed E-state index contributed by atoms with van der Waals surface area (Å²) in [5.41, 5.74) is -1.07. The number of halogens is 2. The molecule has 0 radical (unpaired) electrons. The lowest BCUT2D eigenvalue weighted by atomic mass is 9.89. The molecular formula is C15H25F2N3O2. The Labute approximate surface area is 129 Å². The highest BCUT2D eigenvalue weighted by molar-refractivity contribution is 5.93. The van der Waals surface area contributed by atoms with E-state index >= 15 is 0 Å². The van der Waals surface area contributed by atoms with Crippen LogP contribution in [0.3, 0.4) is 0 Å². The van der Waals surface area contributed by atoms with Crippen molar-refractivity contribution in [1.29, 1.82) is 0 Å². The summed E-state index contributed by atoms with van der Waals surface area (Å²) >= 11 is 0. The maximum absolute atomic E-state index is 13.0. The molecule has 0 aliphatic rings. The zero-order chi connectivity index (χ0) is 17.1. The summed E-state index contributed by atoms with van der Waals surface area (Å²) in [4.78, 5) is 12.1. The van der Waals surface area contributed by atoms with Crippen LogP contribution in [0.4, 0.5) is 8.78 Å². The first-order valence-electron chi connectivity index (χ1n) is 7.34. The minimum absolute atomic E-state index is 0.0119. The molecule has 22 heavy (non-hydrogen) atoms. The Balaban J connectivity index is 2.85. The van der Waals surface area contributed by atoms with Gasteiger partial charge in [-0.1, -0.05) is 34.6 Å². The molecule has 0 aliphatic carbocycles. The average molecular weight is 317 g/mol. The number of carbonyl (C=O) groups excluding carboxylic acids is 1. The van der Waals surface area contributed by atoms with Crippen molar-refractivity contribution in [2.24, 2.45) is 11.3 Å². The van der Waals surface area contributed by atoms with E-state index in [9.17, 15) is 18.7 Å². The minimum atomic E-state index is -2.77. The Kier molecular flexibility index (Phi) is 6.05. The van der Waals surface area contributed by atoms with E-state index in [0.717, 1.165) is 0 Å². The van der Waals surface area contributed by atoms with Crippen molar-refractivity contribution in [2.75, 3.05) is 6.54 Å². The molecule has 0 spiro atoms. The third kappa shape index (κ3) is 5.05. The molecule has 126 valence electrons. The third-order valence-electron chi connectivity index (χ3n) is 3.25. The van der Waals surface area contributed by atoms with Gasteiger partial charge in [0.05, 0.1) is 11.7 Å². The highest BCUT2D eigenvalue weighted by Crippen LogP contribution is 2.23. The number of nitrogens with zero attached hydrogens (tertiary/aromatic N) is 2. The van der Waals surface area contributed by atoms with Crippen LogP contribution in [0.25, 0.3) is 0 Å². The molecule has 1 atom stereocenters. The van der Waals surface area contributed by atoms with Crippen molar-refractivity contribution in [1.82, 2.24) is 15.1 Å². The van der Waals surface area contributed by atoms with E-state index in [1.807, 2.05) is 34.6 Å². The molecule has 7 heteroatoms. The molecule has 1 heterocycles. The molecule has 5 nitrogen and oxygen atoms in total. The summed E-state index contributed by atoms with van der Waals surface area (Å²) in [5, 5.41) is 16.3. The van der Waals surface area contributed by atoms with Crippen molar-refractivity contribution < 1.29 is 18.7 Å². The van der Waals surface area contributed by atoms with Gasteiger partial charge >= 0.3 is 0 Å². The van der Waals surface area contributed by atoms with Crippen molar-refractivity contribution in [2.45, 2.75) is 53.7 Å². The van der Waals surface area contributed by atoms with Crippen molar-refractivity contribution in [3.63, 3.8) is 0 Å². The Morgan fingerprint density at radius 2 is 2.00 bits per heavy atom. The lowest BCUT2D eigenvalue weighted by molar-refractivity contribution is 0.0583. The Hall–Kier alpha value is -1.50. The number of hydrogen-bond acceptors (Lipinski definition) is 3. The lowest BCUT2D eigenvalue weighted by Crippen LogP contribution is -2.39. The maximum atomic E-state index is 13.0. The largest absolute Gasteiger partial charge is 0.391 e. The van der Waals surface area contributed by atoms with Gasteiger partial charge in [-0.3, -0.25) is 9.48 Å². The normalized spacial score (nSPS) is 13.7. The molecule has 1 amide bonds. The van der Waals surface area contributed by atoms with E-state index in [4.69, 9.17) is 0 Å². The number of nitrogens with one attached hydrogen (secondary N) is 1. The fourth-order valence-corrected chi connectivity index (χ4v) is 1.82. The molecule has 0 fully saturated rings. The highest BCUT2D eigenvalue weighted by Gasteiger charge is 2.26. The molecule has 0 saturated carbocycles. The van der Waals surface area contributed by atoms with Crippen LogP contribution in [-0.4, -0.2) is 33.4 Å². The van der Waals surface area contributed by atoms with Crippen LogP contribution in [-0.2, 0) is 6.54 Å². The van der Waals surface area contributed by atoms with Crippen LogP contribution < -0.4 is 5.32 Å². The standard InChI is InChI=1S/C15H25F2N3O2/c1-9(2)7-20-8-10(13(16)17)12(19-20)14(22)18-6-11(21)15(3,4)5/h8-9,11,13,21H,6-7H2,1-5H3,(H,18,22). The fourth-order valence-electron chi connectivity index (χ4n) is 1.82. The predicted molar refractivity (Wildman–Crippen MR) is 79.8 cm³/mol. The summed E-state index contributed by atoms with van der Waals surface area (Å²) < 4.78 is 27.5. The molecule has 0 saturated heterocycles. The molecule has 0 aromatic carbocycles. The maximum Gasteiger partial charge on any atom is 0.272 e. The van der Waals surface area contributed by atoms with Crippen molar-refractivity contribution in [3.8, 4) is 0 Å². The number of aliphatic hydroxyl groups excluding tert-OH is 1. The van der Waals surface area contributed by atoms with Gasteiger partial charge in [-0.2, -0.15) is 5.10 Å². The summed E-state index contributed by atoms with van der Waals surface area (Å²) in [7, 11) is 0. The molecule has 0 aliphatic heterocycles. The SMILES string of the molecule is CC(C)Cn1cc(C(F)F)c(C(=O)NCC(O)C(C)(C)C)n1. The van der Waals surface area contributed by atoms with Gasteiger partial charge in [-0.15, -0.1) is 0 Å². The predicted octanol–water partition coefficient (Wildman–Crippen LogP) is 2.61. The molecule has 1 unspecified atom stereocenters. The number of carbonyl (C=O) groups is 1. The second-order valence-corrected chi connectivity index (χ2v) is 6.94. The summed E-state index contributed by atoms with van der Waals surface area (Å²) in [6.07, 6.45) is -2.34. The van der Waals surface area contributed by atoms with Gasteiger partial charge in [0.25, 0.3) is 12.3 Å². The third-order valence-corrected chi connectivity index (χ3v) is 3.25. The van der Waals surface area contributed by atoms with E-state index in [2.05, 4.69) is 10.4 Å². The summed E-state index contributed by atoms with van der Waals surface area (Å²) in [6, 6.07) is 0. The molecular weight excluding hydrogens is 292 g/mol. The number of alkyl halides is 2. The highest BCUT2D eigenvalue weighted by atomic mass is 19.3. The van der Waals surface area contributed by atoms with E-state index in [1.54, 1.807) is 0 Å². The van der Waals surface area contributed by atoms with E-state index < -0.39 is 23.9 Å². The monoisotopic (exact) mass is 317 g/mol. The van der Waals surface area contributed by atoms with E-state index in [-0.39, 0.29) is 23.7 Å². The van der Waals surface area contributed by atoms with Crippen molar-refractivity contribution in [3.05, 3.63) is 17.5 Å². The van der Waals surface area contributed by atoms with E-state index in [1.165, 1.54) is 10.9 Å². The van der Waals surface area contributed by atoms with Crippen LogP contribution in [0.2, 0.25) is 0 Å². The van der Waals surface area contributed by atoms with Gasteiger partial charge in [0.1, 0.15) is 0 Å².